The summed E-state index contributed by atoms with van der Waals surface area (Å²) in [6.45, 7) is 3.54. The SMILES string of the molecule is COC(=O)C(C)(C)C1CCC(F)(F)CC1. The van der Waals surface area contributed by atoms with Gasteiger partial charge in [0.25, 0.3) is 0 Å². The molecule has 0 heterocycles. The first-order valence-corrected chi connectivity index (χ1v) is 5.26. The molecule has 0 aromatic heterocycles. The lowest BCUT2D eigenvalue weighted by atomic mass is 9.70. The van der Waals surface area contributed by atoms with Gasteiger partial charge in [-0.2, -0.15) is 0 Å². The Morgan fingerprint density at radius 1 is 1.33 bits per heavy atom. The fraction of sp³-hybridized carbons (Fsp3) is 0.909. The minimum atomic E-state index is -2.54. The molecule has 1 rings (SSSR count). The summed E-state index contributed by atoms with van der Waals surface area (Å²) in [5, 5.41) is 0. The lowest BCUT2D eigenvalue weighted by Crippen LogP contribution is -2.38. The minimum Gasteiger partial charge on any atom is -0.469 e. The quantitative estimate of drug-likeness (QED) is 0.669. The van der Waals surface area contributed by atoms with Crippen LogP contribution in [0.25, 0.3) is 0 Å². The Morgan fingerprint density at radius 3 is 2.20 bits per heavy atom. The van der Waals surface area contributed by atoms with Crippen molar-refractivity contribution in [2.75, 3.05) is 7.11 Å². The largest absolute Gasteiger partial charge is 0.469 e. The number of hydrogen-bond donors (Lipinski definition) is 0. The van der Waals surface area contributed by atoms with E-state index in [2.05, 4.69) is 0 Å². The lowest BCUT2D eigenvalue weighted by Gasteiger charge is -2.37. The van der Waals surface area contributed by atoms with Crippen LogP contribution in [-0.4, -0.2) is 19.0 Å². The molecule has 0 unspecified atom stereocenters. The first-order valence-electron chi connectivity index (χ1n) is 5.26. The zero-order valence-corrected chi connectivity index (χ0v) is 9.48. The maximum absolute atomic E-state index is 12.9. The van der Waals surface area contributed by atoms with Crippen molar-refractivity contribution in [2.24, 2.45) is 11.3 Å². The summed E-state index contributed by atoms with van der Waals surface area (Å²) in [7, 11) is 1.33. The van der Waals surface area contributed by atoms with Gasteiger partial charge in [0.15, 0.2) is 0 Å². The van der Waals surface area contributed by atoms with Gasteiger partial charge >= 0.3 is 5.97 Å². The molecule has 0 N–H and O–H groups in total. The Morgan fingerprint density at radius 2 is 1.80 bits per heavy atom. The third-order valence-electron chi connectivity index (χ3n) is 3.45. The first kappa shape index (κ1) is 12.4. The van der Waals surface area contributed by atoms with Crippen LogP contribution in [0.2, 0.25) is 0 Å². The molecule has 1 aliphatic carbocycles. The molecule has 2 nitrogen and oxygen atoms in total. The van der Waals surface area contributed by atoms with Gasteiger partial charge in [0.2, 0.25) is 5.92 Å². The second-order valence-electron chi connectivity index (χ2n) is 4.84. The van der Waals surface area contributed by atoms with Gasteiger partial charge in [0, 0.05) is 12.8 Å². The fourth-order valence-corrected chi connectivity index (χ4v) is 2.19. The molecule has 0 atom stereocenters. The second kappa shape index (κ2) is 4.06. The van der Waals surface area contributed by atoms with Crippen LogP contribution >= 0.6 is 0 Å². The number of halogens is 2. The van der Waals surface area contributed by atoms with Crippen molar-refractivity contribution in [1.29, 1.82) is 0 Å². The summed E-state index contributed by atoms with van der Waals surface area (Å²) in [5.41, 5.74) is -0.648. The van der Waals surface area contributed by atoms with E-state index in [9.17, 15) is 13.6 Å². The molecule has 0 aromatic carbocycles. The molecule has 1 fully saturated rings. The van der Waals surface area contributed by atoms with E-state index >= 15 is 0 Å². The van der Waals surface area contributed by atoms with Crippen LogP contribution in [0.4, 0.5) is 8.78 Å². The Kier molecular flexibility index (Phi) is 3.36. The normalized spacial score (nSPS) is 22.5. The van der Waals surface area contributed by atoms with Crippen LogP contribution in [0.5, 0.6) is 0 Å². The highest BCUT2D eigenvalue weighted by Gasteiger charge is 2.44. The van der Waals surface area contributed by atoms with E-state index in [4.69, 9.17) is 4.74 Å². The topological polar surface area (TPSA) is 26.3 Å². The highest BCUT2D eigenvalue weighted by atomic mass is 19.3. The van der Waals surface area contributed by atoms with E-state index in [0.717, 1.165) is 0 Å². The Hall–Kier alpha value is -0.670. The number of hydrogen-bond acceptors (Lipinski definition) is 2. The molecule has 15 heavy (non-hydrogen) atoms. The van der Waals surface area contributed by atoms with Crippen molar-refractivity contribution < 1.29 is 18.3 Å². The summed E-state index contributed by atoms with van der Waals surface area (Å²) in [6.07, 6.45) is 0.570. The van der Waals surface area contributed by atoms with E-state index in [1.54, 1.807) is 13.8 Å². The van der Waals surface area contributed by atoms with Gasteiger partial charge in [-0.1, -0.05) is 0 Å². The molecule has 88 valence electrons. The molecule has 0 aliphatic heterocycles. The molecule has 0 aromatic rings. The number of rotatable bonds is 2. The van der Waals surface area contributed by atoms with Gasteiger partial charge in [0.1, 0.15) is 0 Å². The fourth-order valence-electron chi connectivity index (χ4n) is 2.19. The smallest absolute Gasteiger partial charge is 0.311 e. The lowest BCUT2D eigenvalue weighted by molar-refractivity contribution is -0.157. The van der Waals surface area contributed by atoms with Gasteiger partial charge in [-0.3, -0.25) is 4.79 Å². The Bertz CT molecular complexity index is 239. The number of methoxy groups -OCH3 is 1. The third kappa shape index (κ3) is 2.67. The third-order valence-corrected chi connectivity index (χ3v) is 3.45. The zero-order chi connectivity index (χ0) is 11.7. The molecule has 0 bridgehead atoms. The minimum absolute atomic E-state index is 0.00424. The van der Waals surface area contributed by atoms with E-state index < -0.39 is 11.3 Å². The van der Waals surface area contributed by atoms with Crippen LogP contribution in [0.15, 0.2) is 0 Å². The van der Waals surface area contributed by atoms with Crippen LogP contribution in [-0.2, 0) is 9.53 Å². The monoisotopic (exact) mass is 220 g/mol. The van der Waals surface area contributed by atoms with E-state index in [0.29, 0.717) is 12.8 Å². The van der Waals surface area contributed by atoms with Crippen LogP contribution in [0.3, 0.4) is 0 Å². The van der Waals surface area contributed by atoms with Gasteiger partial charge in [-0.25, -0.2) is 8.78 Å². The van der Waals surface area contributed by atoms with E-state index in [1.165, 1.54) is 7.11 Å². The highest BCUT2D eigenvalue weighted by Crippen LogP contribution is 2.44. The zero-order valence-electron chi connectivity index (χ0n) is 9.48. The average molecular weight is 220 g/mol. The highest BCUT2D eigenvalue weighted by molar-refractivity contribution is 5.76. The number of carbonyl (C=O) groups excluding carboxylic acids is 1. The maximum Gasteiger partial charge on any atom is 0.311 e. The summed E-state index contributed by atoms with van der Waals surface area (Å²) in [4.78, 5) is 11.5. The summed E-state index contributed by atoms with van der Waals surface area (Å²) < 4.78 is 30.6. The van der Waals surface area contributed by atoms with E-state index in [-0.39, 0.29) is 24.7 Å². The molecule has 0 amide bonds. The number of ether oxygens (including phenoxy) is 1. The van der Waals surface area contributed by atoms with Crippen molar-refractivity contribution in [3.63, 3.8) is 0 Å². The molecule has 1 saturated carbocycles. The summed E-state index contributed by atoms with van der Waals surface area (Å²) in [6, 6.07) is 0. The first-order chi connectivity index (χ1) is 6.79. The number of alkyl halides is 2. The van der Waals surface area contributed by atoms with Crippen molar-refractivity contribution in [2.45, 2.75) is 45.5 Å². The van der Waals surface area contributed by atoms with Gasteiger partial charge in [0.05, 0.1) is 12.5 Å². The van der Waals surface area contributed by atoms with Crippen LogP contribution in [0.1, 0.15) is 39.5 Å². The molecular formula is C11H18F2O2. The molecule has 4 heteroatoms. The molecule has 0 saturated heterocycles. The predicted molar refractivity (Wildman–Crippen MR) is 52.7 cm³/mol. The van der Waals surface area contributed by atoms with E-state index in [1.807, 2.05) is 0 Å². The van der Waals surface area contributed by atoms with Gasteiger partial charge in [-0.15, -0.1) is 0 Å². The molecule has 0 spiro atoms. The van der Waals surface area contributed by atoms with Crippen LogP contribution < -0.4 is 0 Å². The van der Waals surface area contributed by atoms with Gasteiger partial charge < -0.3 is 4.74 Å². The van der Waals surface area contributed by atoms with Crippen LogP contribution in [0, 0.1) is 11.3 Å². The maximum atomic E-state index is 12.9. The van der Waals surface area contributed by atoms with Crippen molar-refractivity contribution in [3.05, 3.63) is 0 Å². The van der Waals surface area contributed by atoms with Crippen molar-refractivity contribution >= 4 is 5.97 Å². The summed E-state index contributed by atoms with van der Waals surface area (Å²) in [5.74, 6) is -2.84. The summed E-state index contributed by atoms with van der Waals surface area (Å²) >= 11 is 0. The second-order valence-corrected chi connectivity index (χ2v) is 4.84. The van der Waals surface area contributed by atoms with Gasteiger partial charge in [-0.05, 0) is 32.6 Å². The van der Waals surface area contributed by atoms with Crippen molar-refractivity contribution in [1.82, 2.24) is 0 Å². The Labute approximate surface area is 89.0 Å². The van der Waals surface area contributed by atoms with Crippen molar-refractivity contribution in [3.8, 4) is 0 Å². The standard InChI is InChI=1S/C11H18F2O2/c1-10(2,9(14)15-3)8-4-6-11(12,13)7-5-8/h8H,4-7H2,1-3H3. The Balaban J connectivity index is 2.63. The number of carbonyl (C=O) groups is 1. The molecule has 1 aliphatic rings. The molecule has 0 radical (unpaired) electrons. The predicted octanol–water partition coefficient (Wildman–Crippen LogP) is 3.01. The molecular weight excluding hydrogens is 202 g/mol. The number of esters is 1. The average Bonchev–Trinajstić information content (AvgIpc) is 2.15.